The largest absolute Gasteiger partial charge is 0.417 e. The second-order valence-electron chi connectivity index (χ2n) is 6.37. The van der Waals surface area contributed by atoms with E-state index in [0.29, 0.717) is 6.54 Å². The van der Waals surface area contributed by atoms with Gasteiger partial charge in [0.15, 0.2) is 11.5 Å². The molecule has 0 saturated carbocycles. The SMILES string of the molecule is CC(N)C1CCCCN1C(=O)c1cn(-c2ccc(C(F)(F)F)cn2)nn1. The highest BCUT2D eigenvalue weighted by Gasteiger charge is 2.32. The molecule has 2 aromatic heterocycles. The van der Waals surface area contributed by atoms with E-state index in [1.165, 1.54) is 16.9 Å². The maximum Gasteiger partial charge on any atom is 0.417 e. The molecule has 1 amide bonds. The fourth-order valence-corrected chi connectivity index (χ4v) is 3.07. The van der Waals surface area contributed by atoms with Gasteiger partial charge in [-0.15, -0.1) is 5.10 Å². The highest BCUT2D eigenvalue weighted by Crippen LogP contribution is 2.28. The molecule has 1 aliphatic heterocycles. The van der Waals surface area contributed by atoms with E-state index in [1.807, 2.05) is 6.92 Å². The predicted molar refractivity (Wildman–Crippen MR) is 86.5 cm³/mol. The van der Waals surface area contributed by atoms with Crippen molar-refractivity contribution in [3.05, 3.63) is 35.8 Å². The van der Waals surface area contributed by atoms with Crippen molar-refractivity contribution in [3.8, 4) is 5.82 Å². The molecule has 2 atom stereocenters. The third-order valence-electron chi connectivity index (χ3n) is 4.44. The summed E-state index contributed by atoms with van der Waals surface area (Å²) in [5, 5.41) is 7.66. The van der Waals surface area contributed by atoms with Crippen LogP contribution in [0.1, 0.15) is 42.2 Å². The zero-order valence-corrected chi connectivity index (χ0v) is 14.1. The molecule has 3 heterocycles. The Morgan fingerprint density at radius 3 is 2.73 bits per heavy atom. The second kappa shape index (κ2) is 7.02. The van der Waals surface area contributed by atoms with Crippen LogP contribution in [-0.4, -0.2) is 49.4 Å². The van der Waals surface area contributed by atoms with Crippen LogP contribution in [0.25, 0.3) is 5.82 Å². The van der Waals surface area contributed by atoms with E-state index in [0.717, 1.165) is 31.5 Å². The van der Waals surface area contributed by atoms with Crippen LogP contribution in [0.3, 0.4) is 0 Å². The van der Waals surface area contributed by atoms with Gasteiger partial charge in [0, 0.05) is 24.8 Å². The van der Waals surface area contributed by atoms with Crippen molar-refractivity contribution in [2.24, 2.45) is 5.73 Å². The predicted octanol–water partition coefficient (Wildman–Crippen LogP) is 2.02. The quantitative estimate of drug-likeness (QED) is 0.895. The fraction of sp³-hybridized carbons (Fsp3) is 0.500. The van der Waals surface area contributed by atoms with E-state index in [9.17, 15) is 18.0 Å². The number of likely N-dealkylation sites (tertiary alicyclic amines) is 1. The fourth-order valence-electron chi connectivity index (χ4n) is 3.07. The van der Waals surface area contributed by atoms with Crippen LogP contribution < -0.4 is 5.73 Å². The Labute approximate surface area is 148 Å². The van der Waals surface area contributed by atoms with Gasteiger partial charge in [0.25, 0.3) is 5.91 Å². The summed E-state index contributed by atoms with van der Waals surface area (Å²) in [7, 11) is 0. The molecule has 0 bridgehead atoms. The van der Waals surface area contributed by atoms with Crippen LogP contribution in [0.5, 0.6) is 0 Å². The van der Waals surface area contributed by atoms with E-state index in [2.05, 4.69) is 15.3 Å². The number of halogens is 3. The Kier molecular flexibility index (Phi) is 4.94. The van der Waals surface area contributed by atoms with Gasteiger partial charge in [0.2, 0.25) is 0 Å². The topological polar surface area (TPSA) is 89.9 Å². The third-order valence-corrected chi connectivity index (χ3v) is 4.44. The average Bonchev–Trinajstić information content (AvgIpc) is 3.10. The van der Waals surface area contributed by atoms with E-state index >= 15 is 0 Å². The molecule has 3 rings (SSSR count). The van der Waals surface area contributed by atoms with Gasteiger partial charge < -0.3 is 10.6 Å². The summed E-state index contributed by atoms with van der Waals surface area (Å²) < 4.78 is 39.0. The van der Waals surface area contributed by atoms with Gasteiger partial charge in [-0.1, -0.05) is 5.21 Å². The van der Waals surface area contributed by atoms with Crippen LogP contribution in [0.2, 0.25) is 0 Å². The molecule has 1 fully saturated rings. The minimum absolute atomic E-state index is 0.0643. The molecule has 0 aromatic carbocycles. The van der Waals surface area contributed by atoms with Crippen molar-refractivity contribution in [1.29, 1.82) is 0 Å². The lowest BCUT2D eigenvalue weighted by Gasteiger charge is -2.37. The van der Waals surface area contributed by atoms with Crippen molar-refractivity contribution in [3.63, 3.8) is 0 Å². The number of carbonyl (C=O) groups is 1. The van der Waals surface area contributed by atoms with Gasteiger partial charge >= 0.3 is 6.18 Å². The van der Waals surface area contributed by atoms with E-state index in [1.54, 1.807) is 4.90 Å². The zero-order valence-electron chi connectivity index (χ0n) is 14.1. The summed E-state index contributed by atoms with van der Waals surface area (Å²) in [4.78, 5) is 18.2. The summed E-state index contributed by atoms with van der Waals surface area (Å²) in [5.74, 6) is -0.142. The Morgan fingerprint density at radius 1 is 1.35 bits per heavy atom. The smallest absolute Gasteiger partial charge is 0.333 e. The summed E-state index contributed by atoms with van der Waals surface area (Å²) in [5.41, 5.74) is 5.24. The van der Waals surface area contributed by atoms with Crippen molar-refractivity contribution in [1.82, 2.24) is 24.9 Å². The number of amides is 1. The number of hydrogen-bond acceptors (Lipinski definition) is 5. The normalized spacial score (nSPS) is 19.4. The number of aromatic nitrogens is 4. The number of rotatable bonds is 3. The number of hydrogen-bond donors (Lipinski definition) is 1. The maximum absolute atomic E-state index is 12.7. The van der Waals surface area contributed by atoms with Gasteiger partial charge in [-0.2, -0.15) is 13.2 Å². The summed E-state index contributed by atoms with van der Waals surface area (Å²) in [6.45, 7) is 2.45. The van der Waals surface area contributed by atoms with Crippen LogP contribution in [0, 0.1) is 0 Å². The number of nitrogens with two attached hydrogens (primary N) is 1. The lowest BCUT2D eigenvalue weighted by Crippen LogP contribution is -2.51. The maximum atomic E-state index is 12.7. The lowest BCUT2D eigenvalue weighted by atomic mass is 9.96. The van der Waals surface area contributed by atoms with Crippen LogP contribution >= 0.6 is 0 Å². The Hall–Kier alpha value is -2.49. The Morgan fingerprint density at radius 2 is 2.12 bits per heavy atom. The standard InChI is InChI=1S/C16H19F3N6O/c1-10(20)13-4-2-3-7-24(13)15(26)12-9-25(23-22-12)14-6-5-11(8-21-14)16(17,18)19/h5-6,8-10,13H,2-4,7,20H2,1H3. The summed E-state index contributed by atoms with van der Waals surface area (Å²) >= 11 is 0. The number of pyridine rings is 1. The van der Waals surface area contributed by atoms with Crippen LogP contribution in [0.15, 0.2) is 24.5 Å². The second-order valence-corrected chi connectivity index (χ2v) is 6.37. The van der Waals surface area contributed by atoms with E-state index < -0.39 is 11.7 Å². The minimum Gasteiger partial charge on any atom is -0.333 e. The molecule has 0 radical (unpaired) electrons. The van der Waals surface area contributed by atoms with Crippen molar-refractivity contribution >= 4 is 5.91 Å². The number of nitrogens with zero attached hydrogens (tertiary/aromatic N) is 5. The summed E-state index contributed by atoms with van der Waals surface area (Å²) in [6, 6.07) is 1.86. The molecular formula is C16H19F3N6O. The molecule has 10 heteroatoms. The average molecular weight is 368 g/mol. The summed E-state index contributed by atoms with van der Waals surface area (Å²) in [6.07, 6.45) is 0.358. The first-order valence-corrected chi connectivity index (χ1v) is 8.30. The first-order valence-electron chi connectivity index (χ1n) is 8.30. The first-order chi connectivity index (χ1) is 12.3. The van der Waals surface area contributed by atoms with Crippen molar-refractivity contribution in [2.45, 2.75) is 44.4 Å². The van der Waals surface area contributed by atoms with Gasteiger partial charge in [0.1, 0.15) is 0 Å². The van der Waals surface area contributed by atoms with Crippen LogP contribution in [-0.2, 0) is 6.18 Å². The van der Waals surface area contributed by atoms with E-state index in [4.69, 9.17) is 5.73 Å². The molecule has 0 aliphatic carbocycles. The number of piperidine rings is 1. The molecule has 1 aliphatic rings. The van der Waals surface area contributed by atoms with Gasteiger partial charge in [-0.05, 0) is 38.3 Å². The molecule has 2 unspecified atom stereocenters. The van der Waals surface area contributed by atoms with Gasteiger partial charge in [-0.3, -0.25) is 4.79 Å². The molecule has 26 heavy (non-hydrogen) atoms. The van der Waals surface area contributed by atoms with Crippen LogP contribution in [0.4, 0.5) is 13.2 Å². The zero-order chi connectivity index (χ0) is 18.9. The minimum atomic E-state index is -4.46. The molecule has 1 saturated heterocycles. The molecular weight excluding hydrogens is 349 g/mol. The first kappa shape index (κ1) is 18.3. The van der Waals surface area contributed by atoms with Gasteiger partial charge in [-0.25, -0.2) is 9.67 Å². The lowest BCUT2D eigenvalue weighted by molar-refractivity contribution is -0.137. The third kappa shape index (κ3) is 3.69. The van der Waals surface area contributed by atoms with Gasteiger partial charge in [0.05, 0.1) is 11.8 Å². The monoisotopic (exact) mass is 368 g/mol. The molecule has 7 nitrogen and oxygen atoms in total. The highest BCUT2D eigenvalue weighted by atomic mass is 19.4. The van der Waals surface area contributed by atoms with Crippen molar-refractivity contribution in [2.75, 3.05) is 6.54 Å². The number of alkyl halides is 3. The number of carbonyl (C=O) groups excluding carboxylic acids is 1. The Bertz CT molecular complexity index is 771. The molecule has 2 N–H and O–H groups in total. The molecule has 0 spiro atoms. The Balaban J connectivity index is 1.80. The molecule has 2 aromatic rings. The molecule has 140 valence electrons. The van der Waals surface area contributed by atoms with Crippen molar-refractivity contribution < 1.29 is 18.0 Å². The van der Waals surface area contributed by atoms with E-state index in [-0.39, 0.29) is 29.5 Å². The highest BCUT2D eigenvalue weighted by molar-refractivity contribution is 5.92.